The third-order valence-corrected chi connectivity index (χ3v) is 5.93. The molecule has 2 heterocycles. The van der Waals surface area contributed by atoms with E-state index in [0.29, 0.717) is 38.0 Å². The molecule has 1 atom stereocenters. The average molecular weight is 511 g/mol. The van der Waals surface area contributed by atoms with Crippen LogP contribution in [-0.4, -0.2) is 32.9 Å². The van der Waals surface area contributed by atoms with Crippen LogP contribution in [0.2, 0.25) is 0 Å². The van der Waals surface area contributed by atoms with Crippen LogP contribution in [0.15, 0.2) is 17.6 Å². The smallest absolute Gasteiger partial charge is 0.319 e. The first kappa shape index (κ1) is 22.3. The quantitative estimate of drug-likeness (QED) is 0.168. The highest BCUT2D eigenvalue weighted by atomic mass is 127. The van der Waals surface area contributed by atoms with Crippen molar-refractivity contribution < 1.29 is 18.3 Å². The van der Waals surface area contributed by atoms with Crippen LogP contribution in [0.4, 0.5) is 8.78 Å². The first-order chi connectivity index (χ1) is 13.0. The van der Waals surface area contributed by atoms with Gasteiger partial charge in [0.25, 0.3) is 0 Å². The number of nitrogens with zero attached hydrogens (tertiary/aromatic N) is 3. The lowest BCUT2D eigenvalue weighted by molar-refractivity contribution is -0.144. The van der Waals surface area contributed by atoms with Crippen LogP contribution in [0.5, 0.6) is 0 Å². The maximum Gasteiger partial charge on any atom is 0.319 e. The molecule has 2 aromatic heterocycles. The highest BCUT2D eigenvalue weighted by molar-refractivity contribution is 14.1. The number of alkyl halides is 2. The minimum absolute atomic E-state index is 0.225. The summed E-state index contributed by atoms with van der Waals surface area (Å²) in [6, 6.07) is 0. The van der Waals surface area contributed by atoms with Crippen LogP contribution in [0.25, 0.3) is 11.0 Å². The molecule has 0 bridgehead atoms. The van der Waals surface area contributed by atoms with Crippen molar-refractivity contribution in [3.05, 3.63) is 16.0 Å². The van der Waals surface area contributed by atoms with Gasteiger partial charge in [0.2, 0.25) is 0 Å². The largest absolute Gasteiger partial charge is 0.465 e. The predicted molar refractivity (Wildman–Crippen MR) is 111 cm³/mol. The van der Waals surface area contributed by atoms with Gasteiger partial charge in [0, 0.05) is 11.9 Å². The SMILES string of the molecule is CCCCC(CC)COC(=O)CCSc1ncc2c(n1)c(I)cn2C(F)F. The maximum absolute atomic E-state index is 13.0. The first-order valence-electron chi connectivity index (χ1n) is 9.05. The van der Waals surface area contributed by atoms with E-state index in [1.54, 1.807) is 0 Å². The minimum atomic E-state index is -2.63. The molecule has 0 aromatic carbocycles. The topological polar surface area (TPSA) is 57.0 Å². The van der Waals surface area contributed by atoms with Gasteiger partial charge >= 0.3 is 12.5 Å². The molecule has 0 aliphatic rings. The van der Waals surface area contributed by atoms with Gasteiger partial charge in [0.15, 0.2) is 5.16 Å². The Balaban J connectivity index is 1.83. The molecule has 0 radical (unpaired) electrons. The van der Waals surface area contributed by atoms with Gasteiger partial charge in [-0.15, -0.1) is 0 Å². The van der Waals surface area contributed by atoms with Crippen LogP contribution in [0.1, 0.15) is 52.5 Å². The zero-order valence-electron chi connectivity index (χ0n) is 15.5. The van der Waals surface area contributed by atoms with Gasteiger partial charge in [-0.2, -0.15) is 8.78 Å². The van der Waals surface area contributed by atoms with E-state index in [4.69, 9.17) is 4.74 Å². The number of halogens is 3. The van der Waals surface area contributed by atoms with Crippen molar-refractivity contribution in [2.45, 2.75) is 57.7 Å². The number of carbonyl (C=O) groups excluding carboxylic acids is 1. The van der Waals surface area contributed by atoms with Gasteiger partial charge in [-0.05, 0) is 34.9 Å². The standard InChI is InChI=1S/C18H24F2IN3O2S/c1-3-5-6-12(4-2)11-26-15(25)7-8-27-18-22-9-14-16(23-18)13(21)10-24(14)17(19)20/h9-10,12,17H,3-8,11H2,1-2H3. The Bertz CT molecular complexity index is 758. The molecule has 27 heavy (non-hydrogen) atoms. The van der Waals surface area contributed by atoms with E-state index >= 15 is 0 Å². The van der Waals surface area contributed by atoms with Gasteiger partial charge in [0.05, 0.1) is 28.3 Å². The van der Waals surface area contributed by atoms with E-state index < -0.39 is 6.55 Å². The zero-order chi connectivity index (χ0) is 19.8. The Kier molecular flexibility index (Phi) is 9.20. The van der Waals surface area contributed by atoms with Gasteiger partial charge < -0.3 is 4.74 Å². The fraction of sp³-hybridized carbons (Fsp3) is 0.611. The summed E-state index contributed by atoms with van der Waals surface area (Å²) in [6.07, 6.45) is 7.41. The average Bonchev–Trinajstić information content (AvgIpc) is 2.98. The molecule has 0 saturated carbocycles. The van der Waals surface area contributed by atoms with Gasteiger partial charge in [0.1, 0.15) is 5.52 Å². The second kappa shape index (κ2) is 11.1. The Morgan fingerprint density at radius 3 is 2.85 bits per heavy atom. The lowest BCUT2D eigenvalue weighted by atomic mass is 10.0. The van der Waals surface area contributed by atoms with E-state index in [-0.39, 0.29) is 12.4 Å². The summed E-state index contributed by atoms with van der Waals surface area (Å²) < 4.78 is 32.8. The highest BCUT2D eigenvalue weighted by Crippen LogP contribution is 2.27. The molecule has 0 N–H and O–H groups in total. The molecule has 9 heteroatoms. The van der Waals surface area contributed by atoms with Crippen molar-refractivity contribution in [3.63, 3.8) is 0 Å². The molecule has 150 valence electrons. The normalized spacial score (nSPS) is 12.7. The molecule has 0 spiro atoms. The molecule has 0 aliphatic heterocycles. The number of esters is 1. The molecule has 0 saturated heterocycles. The Morgan fingerprint density at radius 2 is 2.19 bits per heavy atom. The third-order valence-electron chi connectivity index (χ3n) is 4.28. The number of aromatic nitrogens is 3. The van der Waals surface area contributed by atoms with Crippen molar-refractivity contribution >= 4 is 51.4 Å². The van der Waals surface area contributed by atoms with E-state index in [0.717, 1.165) is 30.3 Å². The summed E-state index contributed by atoms with van der Waals surface area (Å²) in [5.74, 6) is 0.688. The second-order valence-electron chi connectivity index (χ2n) is 6.25. The molecular weight excluding hydrogens is 487 g/mol. The number of unbranched alkanes of at least 4 members (excludes halogenated alkanes) is 1. The molecule has 2 aromatic rings. The molecule has 2 rings (SSSR count). The number of thioether (sulfide) groups is 1. The van der Waals surface area contributed by atoms with Crippen LogP contribution in [-0.2, 0) is 9.53 Å². The fourth-order valence-electron chi connectivity index (χ4n) is 2.61. The highest BCUT2D eigenvalue weighted by Gasteiger charge is 2.16. The van der Waals surface area contributed by atoms with E-state index in [1.165, 1.54) is 24.2 Å². The zero-order valence-corrected chi connectivity index (χ0v) is 18.4. The predicted octanol–water partition coefficient (Wildman–Crippen LogP) is 5.67. The molecular formula is C18H24F2IN3O2S. The Morgan fingerprint density at radius 1 is 1.41 bits per heavy atom. The number of hydrogen-bond acceptors (Lipinski definition) is 5. The monoisotopic (exact) mass is 511 g/mol. The summed E-state index contributed by atoms with van der Waals surface area (Å²) in [5.41, 5.74) is 0.800. The van der Waals surface area contributed by atoms with Crippen LogP contribution < -0.4 is 0 Å². The minimum Gasteiger partial charge on any atom is -0.465 e. The van der Waals surface area contributed by atoms with E-state index in [1.807, 2.05) is 22.6 Å². The summed E-state index contributed by atoms with van der Waals surface area (Å²) in [7, 11) is 0. The number of hydrogen-bond donors (Lipinski definition) is 0. The number of rotatable bonds is 11. The lowest BCUT2D eigenvalue weighted by Gasteiger charge is -2.14. The number of ether oxygens (including phenoxy) is 1. The van der Waals surface area contributed by atoms with Crippen LogP contribution >= 0.6 is 34.4 Å². The van der Waals surface area contributed by atoms with Crippen molar-refractivity contribution in [3.8, 4) is 0 Å². The molecule has 0 fully saturated rings. The summed E-state index contributed by atoms with van der Waals surface area (Å²) in [6.45, 7) is 2.11. The molecule has 1 unspecified atom stereocenters. The van der Waals surface area contributed by atoms with Crippen LogP contribution in [0, 0.1) is 9.49 Å². The summed E-state index contributed by atoms with van der Waals surface area (Å²) in [4.78, 5) is 20.4. The van der Waals surface area contributed by atoms with Gasteiger partial charge in [-0.3, -0.25) is 9.36 Å². The number of carbonyl (C=O) groups is 1. The van der Waals surface area contributed by atoms with Gasteiger partial charge in [-0.1, -0.05) is 44.9 Å². The van der Waals surface area contributed by atoms with Crippen LogP contribution in [0.3, 0.4) is 0 Å². The van der Waals surface area contributed by atoms with Crippen molar-refractivity contribution in [2.24, 2.45) is 5.92 Å². The maximum atomic E-state index is 13.0. The Hall–Kier alpha value is -0.970. The van der Waals surface area contributed by atoms with Crippen molar-refractivity contribution in [2.75, 3.05) is 12.4 Å². The summed E-state index contributed by atoms with van der Waals surface area (Å²) in [5, 5.41) is 0.467. The van der Waals surface area contributed by atoms with E-state index in [2.05, 4.69) is 23.8 Å². The summed E-state index contributed by atoms with van der Waals surface area (Å²) >= 11 is 3.30. The van der Waals surface area contributed by atoms with Crippen molar-refractivity contribution in [1.29, 1.82) is 0 Å². The molecule has 0 amide bonds. The molecule has 0 aliphatic carbocycles. The number of fused-ring (bicyclic) bond motifs is 1. The lowest BCUT2D eigenvalue weighted by Crippen LogP contribution is -2.14. The van der Waals surface area contributed by atoms with Crippen molar-refractivity contribution in [1.82, 2.24) is 14.5 Å². The van der Waals surface area contributed by atoms with Gasteiger partial charge in [-0.25, -0.2) is 9.97 Å². The fourth-order valence-corrected chi connectivity index (χ4v) is 4.05. The van der Waals surface area contributed by atoms with E-state index in [9.17, 15) is 13.6 Å². The molecule has 5 nitrogen and oxygen atoms in total. The third kappa shape index (κ3) is 6.55. The second-order valence-corrected chi connectivity index (χ2v) is 8.47. The first-order valence-corrected chi connectivity index (χ1v) is 11.1. The Labute approximate surface area is 175 Å².